The molecule has 0 aliphatic carbocycles. The van der Waals surface area contributed by atoms with Gasteiger partial charge < -0.3 is 19.6 Å². The molecule has 0 atom stereocenters. The monoisotopic (exact) mass is 391 g/mol. The summed E-state index contributed by atoms with van der Waals surface area (Å²) < 4.78 is 5.05. The van der Waals surface area contributed by atoms with E-state index in [9.17, 15) is 9.59 Å². The molecule has 4 rings (SSSR count). The van der Waals surface area contributed by atoms with Gasteiger partial charge in [-0.1, -0.05) is 35.5 Å². The topological polar surface area (TPSA) is 91.6 Å². The zero-order valence-electron chi connectivity index (χ0n) is 16.3. The lowest BCUT2D eigenvalue weighted by atomic mass is 10.1. The molecule has 0 saturated heterocycles. The molecule has 1 aliphatic rings. The fraction of sp³-hybridized carbons (Fsp3) is 0.238. The van der Waals surface area contributed by atoms with Crippen molar-refractivity contribution in [2.45, 2.75) is 20.0 Å². The van der Waals surface area contributed by atoms with Crippen molar-refractivity contribution < 1.29 is 14.1 Å². The number of aromatic nitrogens is 2. The summed E-state index contributed by atoms with van der Waals surface area (Å²) in [5.74, 6) is 1.00. The van der Waals surface area contributed by atoms with Crippen LogP contribution in [0.5, 0.6) is 0 Å². The Labute approximate surface area is 168 Å². The number of hydrogen-bond acceptors (Lipinski definition) is 6. The molecule has 0 bridgehead atoms. The van der Waals surface area contributed by atoms with Gasteiger partial charge in [0.1, 0.15) is 11.5 Å². The first-order valence-electron chi connectivity index (χ1n) is 9.27. The van der Waals surface area contributed by atoms with Crippen LogP contribution >= 0.6 is 0 Å². The molecule has 29 heavy (non-hydrogen) atoms. The van der Waals surface area contributed by atoms with Crippen LogP contribution in [0, 0.1) is 6.92 Å². The summed E-state index contributed by atoms with van der Waals surface area (Å²) in [5, 5.41) is 6.94. The van der Waals surface area contributed by atoms with Crippen LogP contribution < -0.4 is 10.2 Å². The van der Waals surface area contributed by atoms with Gasteiger partial charge in [-0.3, -0.25) is 9.59 Å². The standard InChI is InChI=1S/C21H21N5O3/c1-14-8-17(24-29-14)13-25(2)21(28)16-9-18-20(22-10-16)23-11-19(27)26(18)12-15-6-4-3-5-7-15/h3-10H,11-13H2,1-2H3,(H,22,23). The van der Waals surface area contributed by atoms with Crippen LogP contribution in [-0.4, -0.2) is 40.4 Å². The number of carbonyl (C=O) groups is 2. The number of nitrogens with zero attached hydrogens (tertiary/aromatic N) is 4. The van der Waals surface area contributed by atoms with Crippen LogP contribution in [0.1, 0.15) is 27.4 Å². The Morgan fingerprint density at radius 1 is 1.28 bits per heavy atom. The minimum atomic E-state index is -0.210. The van der Waals surface area contributed by atoms with Crippen molar-refractivity contribution >= 4 is 23.3 Å². The highest BCUT2D eigenvalue weighted by Gasteiger charge is 2.27. The molecule has 0 saturated carbocycles. The van der Waals surface area contributed by atoms with Crippen LogP contribution in [-0.2, 0) is 17.9 Å². The Balaban J connectivity index is 1.58. The van der Waals surface area contributed by atoms with Gasteiger partial charge in [0.05, 0.1) is 30.9 Å². The fourth-order valence-electron chi connectivity index (χ4n) is 3.27. The maximum absolute atomic E-state index is 12.9. The predicted octanol–water partition coefficient (Wildman–Crippen LogP) is 2.61. The molecule has 8 heteroatoms. The Hall–Kier alpha value is -3.68. The number of rotatable bonds is 5. The molecule has 1 N–H and O–H groups in total. The molecule has 0 radical (unpaired) electrons. The van der Waals surface area contributed by atoms with E-state index in [2.05, 4.69) is 15.5 Å². The molecule has 0 unspecified atom stereocenters. The molecule has 2 aromatic heterocycles. The summed E-state index contributed by atoms with van der Waals surface area (Å²) in [6.07, 6.45) is 1.52. The maximum Gasteiger partial charge on any atom is 0.255 e. The Morgan fingerprint density at radius 3 is 2.79 bits per heavy atom. The maximum atomic E-state index is 12.9. The van der Waals surface area contributed by atoms with Crippen molar-refractivity contribution in [3.8, 4) is 0 Å². The van der Waals surface area contributed by atoms with Gasteiger partial charge in [0.2, 0.25) is 5.91 Å². The number of amides is 2. The van der Waals surface area contributed by atoms with Crippen LogP contribution in [0.15, 0.2) is 53.2 Å². The number of benzene rings is 1. The van der Waals surface area contributed by atoms with Crippen LogP contribution in [0.2, 0.25) is 0 Å². The van der Waals surface area contributed by atoms with E-state index in [1.54, 1.807) is 35.9 Å². The summed E-state index contributed by atoms with van der Waals surface area (Å²) in [4.78, 5) is 33.0. The van der Waals surface area contributed by atoms with Crippen molar-refractivity contribution in [1.29, 1.82) is 0 Å². The average Bonchev–Trinajstić information content (AvgIpc) is 3.14. The average molecular weight is 391 g/mol. The smallest absolute Gasteiger partial charge is 0.255 e. The van der Waals surface area contributed by atoms with Crippen LogP contribution in [0.4, 0.5) is 11.5 Å². The third kappa shape index (κ3) is 3.96. The van der Waals surface area contributed by atoms with Gasteiger partial charge in [0, 0.05) is 19.3 Å². The highest BCUT2D eigenvalue weighted by Crippen LogP contribution is 2.30. The van der Waals surface area contributed by atoms with E-state index in [4.69, 9.17) is 4.52 Å². The highest BCUT2D eigenvalue weighted by molar-refractivity contribution is 6.04. The van der Waals surface area contributed by atoms with Crippen molar-refractivity contribution in [3.05, 3.63) is 71.2 Å². The first-order chi connectivity index (χ1) is 14.0. The normalized spacial score (nSPS) is 13.0. The zero-order valence-corrected chi connectivity index (χ0v) is 16.3. The number of anilines is 2. The molecule has 148 valence electrons. The SMILES string of the molecule is Cc1cc(CN(C)C(=O)c2cnc3c(c2)N(Cc2ccccc2)C(=O)CN3)no1. The minimum Gasteiger partial charge on any atom is -0.361 e. The van der Waals surface area contributed by atoms with Gasteiger partial charge in [-0.15, -0.1) is 0 Å². The summed E-state index contributed by atoms with van der Waals surface area (Å²) >= 11 is 0. The summed E-state index contributed by atoms with van der Waals surface area (Å²) in [6.45, 7) is 2.71. The van der Waals surface area contributed by atoms with E-state index in [0.717, 1.165) is 5.56 Å². The first kappa shape index (κ1) is 18.7. The number of fused-ring (bicyclic) bond motifs is 1. The van der Waals surface area contributed by atoms with E-state index >= 15 is 0 Å². The third-order valence-electron chi connectivity index (χ3n) is 4.72. The molecule has 0 fully saturated rings. The van der Waals surface area contributed by atoms with Crippen LogP contribution in [0.25, 0.3) is 0 Å². The second-order valence-electron chi connectivity index (χ2n) is 7.00. The quantitative estimate of drug-likeness (QED) is 0.719. The van der Waals surface area contributed by atoms with Crippen LogP contribution in [0.3, 0.4) is 0 Å². The molecule has 8 nitrogen and oxygen atoms in total. The van der Waals surface area contributed by atoms with Gasteiger partial charge in [0.15, 0.2) is 5.82 Å². The van der Waals surface area contributed by atoms with Gasteiger partial charge in [-0.25, -0.2) is 4.98 Å². The number of aryl methyl sites for hydroxylation is 1. The minimum absolute atomic E-state index is 0.0702. The van der Waals surface area contributed by atoms with Gasteiger partial charge >= 0.3 is 0 Å². The van der Waals surface area contributed by atoms with Crippen molar-refractivity contribution in [2.75, 3.05) is 23.8 Å². The molecular weight excluding hydrogens is 370 g/mol. The van der Waals surface area contributed by atoms with Gasteiger partial charge in [-0.2, -0.15) is 0 Å². The summed E-state index contributed by atoms with van der Waals surface area (Å²) in [6, 6.07) is 13.2. The fourth-order valence-corrected chi connectivity index (χ4v) is 3.27. The van der Waals surface area contributed by atoms with E-state index in [1.165, 1.54) is 6.20 Å². The lowest BCUT2D eigenvalue weighted by Gasteiger charge is -2.30. The number of hydrogen-bond donors (Lipinski definition) is 1. The lowest BCUT2D eigenvalue weighted by molar-refractivity contribution is -0.117. The van der Waals surface area contributed by atoms with E-state index < -0.39 is 0 Å². The van der Waals surface area contributed by atoms with E-state index in [1.807, 2.05) is 30.3 Å². The van der Waals surface area contributed by atoms with Crippen molar-refractivity contribution in [2.24, 2.45) is 0 Å². The zero-order chi connectivity index (χ0) is 20.4. The highest BCUT2D eigenvalue weighted by atomic mass is 16.5. The summed E-state index contributed by atoms with van der Waals surface area (Å²) in [7, 11) is 1.69. The van der Waals surface area contributed by atoms with Gasteiger partial charge in [-0.05, 0) is 18.6 Å². The molecule has 3 aromatic rings. The van der Waals surface area contributed by atoms with Gasteiger partial charge in [0.25, 0.3) is 5.91 Å². The Morgan fingerprint density at radius 2 is 2.07 bits per heavy atom. The summed E-state index contributed by atoms with van der Waals surface area (Å²) in [5.41, 5.74) is 2.68. The third-order valence-corrected chi connectivity index (χ3v) is 4.72. The largest absolute Gasteiger partial charge is 0.361 e. The Bertz CT molecular complexity index is 1050. The number of carbonyl (C=O) groups excluding carboxylic acids is 2. The Kier molecular flexibility index (Phi) is 4.99. The molecule has 2 amide bonds. The lowest BCUT2D eigenvalue weighted by Crippen LogP contribution is -2.40. The molecule has 0 spiro atoms. The second kappa shape index (κ2) is 7.75. The molecule has 1 aromatic carbocycles. The van der Waals surface area contributed by atoms with E-state index in [-0.39, 0.29) is 18.4 Å². The van der Waals surface area contributed by atoms with Crippen molar-refractivity contribution in [1.82, 2.24) is 15.0 Å². The second-order valence-corrected chi connectivity index (χ2v) is 7.00. The molecule has 3 heterocycles. The first-order valence-corrected chi connectivity index (χ1v) is 9.27. The molecule has 1 aliphatic heterocycles. The predicted molar refractivity (Wildman–Crippen MR) is 107 cm³/mol. The number of nitrogens with one attached hydrogen (secondary N) is 1. The van der Waals surface area contributed by atoms with Crippen molar-refractivity contribution in [3.63, 3.8) is 0 Å². The van der Waals surface area contributed by atoms with E-state index in [0.29, 0.717) is 41.6 Å². The number of pyridine rings is 1. The molecular formula is C21H21N5O3.